The topological polar surface area (TPSA) is 77.2 Å². The van der Waals surface area contributed by atoms with Crippen molar-refractivity contribution in [2.75, 3.05) is 14.2 Å². The fourth-order valence-corrected chi connectivity index (χ4v) is 1.52. The lowest BCUT2D eigenvalue weighted by molar-refractivity contribution is 0.151. The average Bonchev–Trinajstić information content (AvgIpc) is 2.78. The van der Waals surface area contributed by atoms with Gasteiger partial charge in [0.2, 0.25) is 0 Å². The van der Waals surface area contributed by atoms with Crippen molar-refractivity contribution >= 4 is 0 Å². The fraction of sp³-hybridized carbons (Fsp3) is 0.455. The van der Waals surface area contributed by atoms with Gasteiger partial charge in [0.05, 0.1) is 12.2 Å². The number of nitrogens with zero attached hydrogens (tertiary/aromatic N) is 5. The van der Waals surface area contributed by atoms with Crippen LogP contribution in [0.4, 0.5) is 0 Å². The Balaban J connectivity index is 1.88. The molecule has 2 heterocycles. The van der Waals surface area contributed by atoms with Crippen molar-refractivity contribution in [2.24, 2.45) is 0 Å². The number of methoxy groups -OCH3 is 1. The van der Waals surface area contributed by atoms with Crippen LogP contribution in [0.1, 0.15) is 17.4 Å². The fourth-order valence-electron chi connectivity index (χ4n) is 1.52. The van der Waals surface area contributed by atoms with E-state index in [0.29, 0.717) is 31.4 Å². The molecule has 7 nitrogen and oxygen atoms in total. The molecular formula is C11H15N5O2. The maximum absolute atomic E-state index is 5.02. The molecule has 0 aliphatic rings. The SMILES string of the molecule is COCc1nc(CN(C)Cc2cnccn2)no1. The van der Waals surface area contributed by atoms with Crippen LogP contribution in [0.15, 0.2) is 23.1 Å². The van der Waals surface area contributed by atoms with Crippen LogP contribution < -0.4 is 0 Å². The van der Waals surface area contributed by atoms with Gasteiger partial charge in [-0.1, -0.05) is 5.16 Å². The van der Waals surface area contributed by atoms with Gasteiger partial charge in [0.1, 0.15) is 6.61 Å². The zero-order valence-corrected chi connectivity index (χ0v) is 10.4. The van der Waals surface area contributed by atoms with Gasteiger partial charge in [-0.25, -0.2) is 0 Å². The Morgan fingerprint density at radius 2 is 2.22 bits per heavy atom. The molecule has 0 fully saturated rings. The van der Waals surface area contributed by atoms with E-state index in [4.69, 9.17) is 9.26 Å². The molecule has 7 heteroatoms. The first-order chi connectivity index (χ1) is 8.78. The van der Waals surface area contributed by atoms with Crippen LogP contribution in [0.5, 0.6) is 0 Å². The van der Waals surface area contributed by atoms with Crippen LogP contribution in [0.25, 0.3) is 0 Å². The zero-order chi connectivity index (χ0) is 12.8. The summed E-state index contributed by atoms with van der Waals surface area (Å²) in [6.07, 6.45) is 5.07. The first-order valence-electron chi connectivity index (χ1n) is 5.51. The van der Waals surface area contributed by atoms with Gasteiger partial charge < -0.3 is 9.26 Å². The van der Waals surface area contributed by atoms with E-state index in [9.17, 15) is 0 Å². The van der Waals surface area contributed by atoms with Crippen LogP contribution in [-0.4, -0.2) is 39.2 Å². The molecule has 0 bridgehead atoms. The second kappa shape index (κ2) is 6.18. The van der Waals surface area contributed by atoms with Crippen molar-refractivity contribution in [1.82, 2.24) is 25.0 Å². The molecule has 0 amide bonds. The molecule has 0 spiro atoms. The summed E-state index contributed by atoms with van der Waals surface area (Å²) >= 11 is 0. The zero-order valence-electron chi connectivity index (χ0n) is 10.4. The highest BCUT2D eigenvalue weighted by atomic mass is 16.5. The van der Waals surface area contributed by atoms with E-state index in [1.54, 1.807) is 25.7 Å². The van der Waals surface area contributed by atoms with Gasteiger partial charge in [0.25, 0.3) is 5.89 Å². The van der Waals surface area contributed by atoms with E-state index in [1.165, 1.54) is 0 Å². The molecule has 2 aromatic heterocycles. The smallest absolute Gasteiger partial charge is 0.252 e. The Labute approximate surface area is 105 Å². The van der Waals surface area contributed by atoms with Gasteiger partial charge in [-0.3, -0.25) is 14.9 Å². The van der Waals surface area contributed by atoms with Gasteiger partial charge in [0, 0.05) is 32.2 Å². The van der Waals surface area contributed by atoms with Gasteiger partial charge in [-0.15, -0.1) is 0 Å². The maximum atomic E-state index is 5.02. The molecule has 2 aromatic rings. The van der Waals surface area contributed by atoms with Crippen molar-refractivity contribution < 1.29 is 9.26 Å². The molecule has 0 saturated carbocycles. The van der Waals surface area contributed by atoms with Crippen LogP contribution in [0.3, 0.4) is 0 Å². The summed E-state index contributed by atoms with van der Waals surface area (Å²) in [7, 11) is 3.55. The molecule has 0 unspecified atom stereocenters. The predicted octanol–water partition coefficient (Wildman–Crippen LogP) is 0.638. The van der Waals surface area contributed by atoms with Crippen molar-refractivity contribution in [3.63, 3.8) is 0 Å². The Bertz CT molecular complexity index is 473. The quantitative estimate of drug-likeness (QED) is 0.743. The maximum Gasteiger partial charge on any atom is 0.252 e. The number of hydrogen-bond acceptors (Lipinski definition) is 7. The summed E-state index contributed by atoms with van der Waals surface area (Å²) in [4.78, 5) is 14.5. The first-order valence-corrected chi connectivity index (χ1v) is 5.51. The second-order valence-electron chi connectivity index (χ2n) is 3.91. The second-order valence-corrected chi connectivity index (χ2v) is 3.91. The first kappa shape index (κ1) is 12.6. The lowest BCUT2D eigenvalue weighted by Gasteiger charge is -2.12. The third kappa shape index (κ3) is 3.57. The summed E-state index contributed by atoms with van der Waals surface area (Å²) in [6, 6.07) is 0. The van der Waals surface area contributed by atoms with Crippen molar-refractivity contribution in [3.05, 3.63) is 36.0 Å². The normalized spacial score (nSPS) is 11.1. The number of aromatic nitrogens is 4. The number of hydrogen-bond donors (Lipinski definition) is 0. The predicted molar refractivity (Wildman–Crippen MR) is 62.2 cm³/mol. The van der Waals surface area contributed by atoms with Crippen LogP contribution in [-0.2, 0) is 24.4 Å². The monoisotopic (exact) mass is 249 g/mol. The lowest BCUT2D eigenvalue weighted by atomic mass is 10.4. The average molecular weight is 249 g/mol. The molecule has 0 aliphatic carbocycles. The molecule has 96 valence electrons. The summed E-state index contributed by atoms with van der Waals surface area (Å²) in [6.45, 7) is 1.60. The summed E-state index contributed by atoms with van der Waals surface area (Å²) < 4.78 is 9.93. The molecule has 0 radical (unpaired) electrons. The van der Waals surface area contributed by atoms with Crippen molar-refractivity contribution in [1.29, 1.82) is 0 Å². The van der Waals surface area contributed by atoms with Gasteiger partial charge in [0.15, 0.2) is 5.82 Å². The minimum absolute atomic E-state index is 0.334. The minimum Gasteiger partial charge on any atom is -0.375 e. The van der Waals surface area contributed by atoms with Crippen LogP contribution in [0.2, 0.25) is 0 Å². The van der Waals surface area contributed by atoms with E-state index in [2.05, 4.69) is 20.1 Å². The summed E-state index contributed by atoms with van der Waals surface area (Å²) in [5.41, 5.74) is 0.903. The van der Waals surface area contributed by atoms with Gasteiger partial charge >= 0.3 is 0 Å². The van der Waals surface area contributed by atoms with E-state index >= 15 is 0 Å². The molecular weight excluding hydrogens is 234 g/mol. The third-order valence-corrected chi connectivity index (χ3v) is 2.24. The number of ether oxygens (including phenoxy) is 1. The van der Waals surface area contributed by atoms with Crippen molar-refractivity contribution in [3.8, 4) is 0 Å². The van der Waals surface area contributed by atoms with E-state index in [-0.39, 0.29) is 0 Å². The van der Waals surface area contributed by atoms with E-state index in [1.807, 2.05) is 11.9 Å². The largest absolute Gasteiger partial charge is 0.375 e. The molecule has 2 rings (SSSR count). The molecule has 0 aromatic carbocycles. The molecule has 18 heavy (non-hydrogen) atoms. The van der Waals surface area contributed by atoms with Crippen molar-refractivity contribution in [2.45, 2.75) is 19.7 Å². The van der Waals surface area contributed by atoms with Crippen LogP contribution in [0, 0.1) is 0 Å². The van der Waals surface area contributed by atoms with Gasteiger partial charge in [-0.2, -0.15) is 4.98 Å². The Kier molecular flexibility index (Phi) is 4.32. The Morgan fingerprint density at radius 3 is 2.94 bits per heavy atom. The molecule has 0 N–H and O–H groups in total. The highest BCUT2D eigenvalue weighted by Crippen LogP contribution is 2.04. The minimum atomic E-state index is 0.334. The standard InChI is InChI=1S/C11H15N5O2/c1-16(6-9-5-12-3-4-13-9)7-10-14-11(8-17-2)18-15-10/h3-5H,6-8H2,1-2H3. The van der Waals surface area contributed by atoms with Gasteiger partial charge in [-0.05, 0) is 7.05 Å². The summed E-state index contributed by atoms with van der Waals surface area (Å²) in [5, 5.41) is 3.87. The van der Waals surface area contributed by atoms with E-state index in [0.717, 1.165) is 5.69 Å². The summed E-state index contributed by atoms with van der Waals surface area (Å²) in [5.74, 6) is 1.12. The Morgan fingerprint density at radius 1 is 1.33 bits per heavy atom. The third-order valence-electron chi connectivity index (χ3n) is 2.24. The van der Waals surface area contributed by atoms with E-state index < -0.39 is 0 Å². The van der Waals surface area contributed by atoms with Crippen LogP contribution >= 0.6 is 0 Å². The number of rotatable bonds is 6. The lowest BCUT2D eigenvalue weighted by Crippen LogP contribution is -2.18. The Hall–Kier alpha value is -1.86. The molecule has 0 saturated heterocycles. The molecule has 0 aliphatic heterocycles. The molecule has 0 atom stereocenters. The highest BCUT2D eigenvalue weighted by Gasteiger charge is 2.09. The highest BCUT2D eigenvalue weighted by molar-refractivity contribution is 4.94.